The van der Waals surface area contributed by atoms with Gasteiger partial charge in [-0.1, -0.05) is 0 Å². The summed E-state index contributed by atoms with van der Waals surface area (Å²) in [5.74, 6) is 1.62. The lowest BCUT2D eigenvalue weighted by Gasteiger charge is -2.21. The van der Waals surface area contributed by atoms with Crippen LogP contribution >= 0.6 is 0 Å². The molecule has 0 unspecified atom stereocenters. The van der Waals surface area contributed by atoms with Crippen molar-refractivity contribution < 1.29 is 13.2 Å². The molecule has 1 fully saturated rings. The van der Waals surface area contributed by atoms with E-state index in [2.05, 4.69) is 5.10 Å². The molecule has 1 aliphatic rings. The summed E-state index contributed by atoms with van der Waals surface area (Å²) in [5, 5.41) is 4.11. The molecule has 0 aromatic carbocycles. The van der Waals surface area contributed by atoms with E-state index in [1.165, 1.54) is 0 Å². The van der Waals surface area contributed by atoms with Crippen LogP contribution in [-0.2, 0) is 16.4 Å². The molecule has 1 aromatic heterocycles. The first kappa shape index (κ1) is 13.4. The number of nitrogens with zero attached hydrogens (tertiary/aromatic N) is 2. The van der Waals surface area contributed by atoms with Gasteiger partial charge in [0.2, 0.25) is 0 Å². The quantitative estimate of drug-likeness (QED) is 0.818. The third-order valence-corrected chi connectivity index (χ3v) is 4.84. The summed E-state index contributed by atoms with van der Waals surface area (Å²) in [7, 11) is -2.79. The van der Waals surface area contributed by atoms with Crippen LogP contribution in [-0.4, -0.2) is 42.9 Å². The summed E-state index contributed by atoms with van der Waals surface area (Å²) in [4.78, 5) is 0. The maximum absolute atomic E-state index is 11.3. The highest BCUT2D eigenvalue weighted by Gasteiger charge is 2.23. The van der Waals surface area contributed by atoms with Gasteiger partial charge >= 0.3 is 0 Å². The molecule has 0 atom stereocenters. The van der Waals surface area contributed by atoms with Crippen LogP contribution in [0.15, 0.2) is 12.4 Å². The Morgan fingerprint density at radius 2 is 2.17 bits per heavy atom. The summed E-state index contributed by atoms with van der Waals surface area (Å²) in [5.41, 5.74) is 5.43. The van der Waals surface area contributed by atoms with Crippen molar-refractivity contribution in [1.82, 2.24) is 9.78 Å². The Balaban J connectivity index is 1.77. The van der Waals surface area contributed by atoms with E-state index in [4.69, 9.17) is 10.5 Å². The first-order valence-electron chi connectivity index (χ1n) is 6.15. The van der Waals surface area contributed by atoms with E-state index in [9.17, 15) is 8.42 Å². The molecule has 18 heavy (non-hydrogen) atoms. The van der Waals surface area contributed by atoms with Crippen LogP contribution in [0.3, 0.4) is 0 Å². The zero-order chi connectivity index (χ0) is 13.0. The first-order chi connectivity index (χ1) is 8.59. The van der Waals surface area contributed by atoms with Crippen molar-refractivity contribution in [3.8, 4) is 5.75 Å². The van der Waals surface area contributed by atoms with Gasteiger partial charge in [-0.3, -0.25) is 4.68 Å². The van der Waals surface area contributed by atoms with Gasteiger partial charge in [0.15, 0.2) is 5.75 Å². The summed E-state index contributed by atoms with van der Waals surface area (Å²) in [6.45, 7) is 1.77. The third kappa shape index (κ3) is 3.71. The molecule has 6 nitrogen and oxygen atoms in total. The summed E-state index contributed by atoms with van der Waals surface area (Å²) >= 11 is 0. The number of sulfone groups is 1. The molecule has 2 heterocycles. The van der Waals surface area contributed by atoms with E-state index in [0.29, 0.717) is 38.5 Å². The minimum Gasteiger partial charge on any atom is -0.490 e. The standard InChI is InChI=1S/C11H19N3O3S/c12-3-4-14-8-11(7-13-14)17-9-10-1-5-18(15,16)6-2-10/h7-8,10H,1-6,9,12H2. The monoisotopic (exact) mass is 273 g/mol. The molecular weight excluding hydrogens is 254 g/mol. The molecule has 1 saturated heterocycles. The van der Waals surface area contributed by atoms with E-state index in [1.54, 1.807) is 10.9 Å². The lowest BCUT2D eigenvalue weighted by Crippen LogP contribution is -2.26. The smallest absolute Gasteiger partial charge is 0.157 e. The Bertz CT molecular complexity index is 469. The predicted octanol–water partition coefficient (Wildman–Crippen LogP) is 0.0454. The minimum atomic E-state index is -2.79. The second kappa shape index (κ2) is 5.71. The predicted molar refractivity (Wildman–Crippen MR) is 68.2 cm³/mol. The van der Waals surface area contributed by atoms with Gasteiger partial charge in [0, 0.05) is 6.54 Å². The van der Waals surface area contributed by atoms with Gasteiger partial charge in [-0.05, 0) is 18.8 Å². The number of hydrogen-bond donors (Lipinski definition) is 1. The van der Waals surface area contributed by atoms with Crippen molar-refractivity contribution in [3.63, 3.8) is 0 Å². The molecule has 2 N–H and O–H groups in total. The van der Waals surface area contributed by atoms with Crippen LogP contribution in [0.25, 0.3) is 0 Å². The van der Waals surface area contributed by atoms with E-state index < -0.39 is 9.84 Å². The third-order valence-electron chi connectivity index (χ3n) is 3.13. The highest BCUT2D eigenvalue weighted by atomic mass is 32.2. The van der Waals surface area contributed by atoms with Crippen molar-refractivity contribution in [1.29, 1.82) is 0 Å². The van der Waals surface area contributed by atoms with Crippen LogP contribution in [0.4, 0.5) is 0 Å². The fraction of sp³-hybridized carbons (Fsp3) is 0.727. The average molecular weight is 273 g/mol. The maximum Gasteiger partial charge on any atom is 0.157 e. The van der Waals surface area contributed by atoms with Crippen LogP contribution in [0, 0.1) is 5.92 Å². The van der Waals surface area contributed by atoms with Crippen molar-refractivity contribution in [2.24, 2.45) is 11.7 Å². The average Bonchev–Trinajstić information content (AvgIpc) is 2.76. The van der Waals surface area contributed by atoms with Gasteiger partial charge in [0.1, 0.15) is 9.84 Å². The second-order valence-corrected chi connectivity index (χ2v) is 6.94. The summed E-state index contributed by atoms with van der Waals surface area (Å²) < 4.78 is 29.9. The fourth-order valence-corrected chi connectivity index (χ4v) is 3.58. The molecule has 1 aliphatic heterocycles. The van der Waals surface area contributed by atoms with Crippen molar-refractivity contribution >= 4 is 9.84 Å². The molecule has 2 rings (SSSR count). The van der Waals surface area contributed by atoms with E-state index in [0.717, 1.165) is 5.75 Å². The van der Waals surface area contributed by atoms with Crippen LogP contribution in [0.1, 0.15) is 12.8 Å². The Morgan fingerprint density at radius 3 is 2.83 bits per heavy atom. The fourth-order valence-electron chi connectivity index (χ4n) is 1.99. The van der Waals surface area contributed by atoms with Crippen molar-refractivity contribution in [2.75, 3.05) is 24.7 Å². The molecule has 0 bridgehead atoms. The molecule has 0 saturated carbocycles. The summed E-state index contributed by atoms with van der Waals surface area (Å²) in [6.07, 6.45) is 4.86. The zero-order valence-electron chi connectivity index (χ0n) is 10.3. The van der Waals surface area contributed by atoms with Gasteiger partial charge < -0.3 is 10.5 Å². The topological polar surface area (TPSA) is 87.2 Å². The lowest BCUT2D eigenvalue weighted by molar-refractivity contribution is 0.238. The van der Waals surface area contributed by atoms with E-state index >= 15 is 0 Å². The molecule has 0 aliphatic carbocycles. The maximum atomic E-state index is 11.3. The minimum absolute atomic E-state index is 0.285. The Labute approximate surface area is 107 Å². The largest absolute Gasteiger partial charge is 0.490 e. The van der Waals surface area contributed by atoms with Gasteiger partial charge in [-0.25, -0.2) is 8.42 Å². The van der Waals surface area contributed by atoms with Crippen LogP contribution < -0.4 is 10.5 Å². The van der Waals surface area contributed by atoms with Gasteiger partial charge in [0.25, 0.3) is 0 Å². The van der Waals surface area contributed by atoms with Crippen molar-refractivity contribution in [2.45, 2.75) is 19.4 Å². The summed E-state index contributed by atoms with van der Waals surface area (Å²) in [6, 6.07) is 0. The highest BCUT2D eigenvalue weighted by Crippen LogP contribution is 2.20. The molecule has 0 amide bonds. The Hall–Kier alpha value is -1.08. The molecule has 0 radical (unpaired) electrons. The van der Waals surface area contributed by atoms with E-state index in [1.807, 2.05) is 6.20 Å². The van der Waals surface area contributed by atoms with Gasteiger partial charge in [0.05, 0.1) is 37.1 Å². The zero-order valence-corrected chi connectivity index (χ0v) is 11.1. The van der Waals surface area contributed by atoms with E-state index in [-0.39, 0.29) is 11.5 Å². The SMILES string of the molecule is NCCn1cc(OCC2CCS(=O)(=O)CC2)cn1. The molecule has 0 spiro atoms. The van der Waals surface area contributed by atoms with Crippen LogP contribution in [0.5, 0.6) is 5.75 Å². The highest BCUT2D eigenvalue weighted by molar-refractivity contribution is 7.91. The number of aromatic nitrogens is 2. The van der Waals surface area contributed by atoms with Crippen LogP contribution in [0.2, 0.25) is 0 Å². The lowest BCUT2D eigenvalue weighted by atomic mass is 10.0. The first-order valence-corrected chi connectivity index (χ1v) is 7.97. The molecule has 102 valence electrons. The Morgan fingerprint density at radius 1 is 1.44 bits per heavy atom. The molecule has 1 aromatic rings. The number of nitrogens with two attached hydrogens (primary N) is 1. The molecule has 7 heteroatoms. The van der Waals surface area contributed by atoms with Gasteiger partial charge in [-0.2, -0.15) is 5.10 Å². The van der Waals surface area contributed by atoms with Gasteiger partial charge in [-0.15, -0.1) is 0 Å². The number of hydrogen-bond acceptors (Lipinski definition) is 5. The number of rotatable bonds is 5. The number of ether oxygens (including phenoxy) is 1. The normalized spacial score (nSPS) is 19.8. The van der Waals surface area contributed by atoms with Crippen molar-refractivity contribution in [3.05, 3.63) is 12.4 Å². The Kier molecular flexibility index (Phi) is 4.23. The molecular formula is C11H19N3O3S. The second-order valence-electron chi connectivity index (χ2n) is 4.63.